The lowest BCUT2D eigenvalue weighted by molar-refractivity contribution is 0.990. The number of hydrogen-bond donors (Lipinski definition) is 0. The van der Waals surface area contributed by atoms with E-state index in [9.17, 15) is 0 Å². The average molecular weight is 238 g/mol. The highest BCUT2D eigenvalue weighted by Gasteiger charge is 1.98. The molecule has 0 aliphatic carbocycles. The number of rotatable bonds is 1. The standard InChI is InChI=1S/C9H8BrN3/c1-7-5-13(6-12-7)9-4-8(10)2-3-11-9/h2-6H,1H3. The van der Waals surface area contributed by atoms with Gasteiger partial charge in [-0.2, -0.15) is 0 Å². The van der Waals surface area contributed by atoms with Crippen molar-refractivity contribution >= 4 is 15.9 Å². The van der Waals surface area contributed by atoms with Gasteiger partial charge in [0, 0.05) is 16.9 Å². The zero-order chi connectivity index (χ0) is 9.26. The van der Waals surface area contributed by atoms with E-state index in [2.05, 4.69) is 25.9 Å². The van der Waals surface area contributed by atoms with Crippen molar-refractivity contribution in [1.29, 1.82) is 0 Å². The molecule has 0 fully saturated rings. The molecule has 0 unspecified atom stereocenters. The fourth-order valence-corrected chi connectivity index (χ4v) is 1.40. The molecule has 0 aliphatic rings. The van der Waals surface area contributed by atoms with Crippen molar-refractivity contribution in [1.82, 2.24) is 14.5 Å². The highest BCUT2D eigenvalue weighted by Crippen LogP contribution is 2.12. The number of pyridine rings is 1. The fraction of sp³-hybridized carbons (Fsp3) is 0.111. The molecular formula is C9H8BrN3. The lowest BCUT2D eigenvalue weighted by Gasteiger charge is -1.99. The Morgan fingerprint density at radius 3 is 2.85 bits per heavy atom. The summed E-state index contributed by atoms with van der Waals surface area (Å²) in [5, 5.41) is 0. The van der Waals surface area contributed by atoms with Gasteiger partial charge >= 0.3 is 0 Å². The van der Waals surface area contributed by atoms with Gasteiger partial charge in [0.25, 0.3) is 0 Å². The summed E-state index contributed by atoms with van der Waals surface area (Å²) in [6, 6.07) is 3.84. The van der Waals surface area contributed by atoms with E-state index in [1.54, 1.807) is 12.5 Å². The molecule has 0 saturated carbocycles. The van der Waals surface area contributed by atoms with Crippen molar-refractivity contribution in [3.05, 3.63) is 41.0 Å². The maximum Gasteiger partial charge on any atom is 0.138 e. The smallest absolute Gasteiger partial charge is 0.138 e. The molecule has 0 amide bonds. The number of imidazole rings is 1. The summed E-state index contributed by atoms with van der Waals surface area (Å²) in [5.41, 5.74) is 0.988. The highest BCUT2D eigenvalue weighted by atomic mass is 79.9. The molecule has 0 radical (unpaired) electrons. The molecule has 0 aliphatic heterocycles. The van der Waals surface area contributed by atoms with Crippen LogP contribution in [0, 0.1) is 6.92 Å². The Labute approximate surface area is 84.6 Å². The van der Waals surface area contributed by atoms with Crippen molar-refractivity contribution < 1.29 is 0 Å². The van der Waals surface area contributed by atoms with Crippen LogP contribution in [0.25, 0.3) is 5.82 Å². The van der Waals surface area contributed by atoms with Crippen LogP contribution in [0.2, 0.25) is 0 Å². The normalized spacial score (nSPS) is 10.3. The maximum absolute atomic E-state index is 4.22. The summed E-state index contributed by atoms with van der Waals surface area (Å²) in [6.07, 6.45) is 5.45. The Hall–Kier alpha value is -1.16. The molecule has 2 heterocycles. The molecule has 2 rings (SSSR count). The van der Waals surface area contributed by atoms with Crippen LogP contribution in [-0.2, 0) is 0 Å². The third-order valence-electron chi connectivity index (χ3n) is 1.68. The Morgan fingerprint density at radius 2 is 2.23 bits per heavy atom. The van der Waals surface area contributed by atoms with E-state index >= 15 is 0 Å². The number of hydrogen-bond acceptors (Lipinski definition) is 2. The molecule has 0 atom stereocenters. The van der Waals surface area contributed by atoms with Gasteiger partial charge in [0.15, 0.2) is 0 Å². The molecule has 0 saturated heterocycles. The Kier molecular flexibility index (Phi) is 2.14. The molecule has 0 spiro atoms. The average Bonchev–Trinajstić information content (AvgIpc) is 2.52. The Morgan fingerprint density at radius 1 is 1.38 bits per heavy atom. The first-order valence-corrected chi connectivity index (χ1v) is 4.67. The highest BCUT2D eigenvalue weighted by molar-refractivity contribution is 9.10. The quantitative estimate of drug-likeness (QED) is 0.763. The lowest BCUT2D eigenvalue weighted by Crippen LogP contribution is -1.92. The van der Waals surface area contributed by atoms with E-state index < -0.39 is 0 Å². The molecule has 2 aromatic rings. The van der Waals surface area contributed by atoms with Crippen LogP contribution in [0.15, 0.2) is 35.3 Å². The molecule has 0 aromatic carbocycles. The zero-order valence-electron chi connectivity index (χ0n) is 7.11. The molecule has 0 N–H and O–H groups in total. The Bertz CT molecular complexity index is 422. The largest absolute Gasteiger partial charge is 0.290 e. The number of aryl methyl sites for hydroxylation is 1. The summed E-state index contributed by atoms with van der Waals surface area (Å²) < 4.78 is 2.91. The molecular weight excluding hydrogens is 230 g/mol. The van der Waals surface area contributed by atoms with E-state index in [0.29, 0.717) is 0 Å². The van der Waals surface area contributed by atoms with Crippen LogP contribution in [0.1, 0.15) is 5.69 Å². The third-order valence-corrected chi connectivity index (χ3v) is 2.18. The van der Waals surface area contributed by atoms with E-state index in [1.165, 1.54) is 0 Å². The molecule has 66 valence electrons. The summed E-state index contributed by atoms with van der Waals surface area (Å²) >= 11 is 3.39. The van der Waals surface area contributed by atoms with Gasteiger partial charge in [0.2, 0.25) is 0 Å². The van der Waals surface area contributed by atoms with Crippen LogP contribution in [0.5, 0.6) is 0 Å². The summed E-state index contributed by atoms with van der Waals surface area (Å²) in [5.74, 6) is 0.870. The molecule has 0 bridgehead atoms. The summed E-state index contributed by atoms with van der Waals surface area (Å²) in [4.78, 5) is 8.35. The van der Waals surface area contributed by atoms with Gasteiger partial charge in [-0.1, -0.05) is 15.9 Å². The van der Waals surface area contributed by atoms with E-state index in [4.69, 9.17) is 0 Å². The van der Waals surface area contributed by atoms with Gasteiger partial charge in [0.1, 0.15) is 12.1 Å². The van der Waals surface area contributed by atoms with Crippen LogP contribution in [0.3, 0.4) is 0 Å². The van der Waals surface area contributed by atoms with Crippen molar-refractivity contribution in [2.24, 2.45) is 0 Å². The monoisotopic (exact) mass is 237 g/mol. The number of nitrogens with zero attached hydrogens (tertiary/aromatic N) is 3. The minimum Gasteiger partial charge on any atom is -0.290 e. The summed E-state index contributed by atoms with van der Waals surface area (Å²) in [6.45, 7) is 1.95. The van der Waals surface area contributed by atoms with Crippen LogP contribution < -0.4 is 0 Å². The van der Waals surface area contributed by atoms with Crippen molar-refractivity contribution in [2.75, 3.05) is 0 Å². The lowest BCUT2D eigenvalue weighted by atomic mass is 10.4. The van der Waals surface area contributed by atoms with Crippen molar-refractivity contribution in [2.45, 2.75) is 6.92 Å². The fourth-order valence-electron chi connectivity index (χ4n) is 1.08. The minimum atomic E-state index is 0.870. The zero-order valence-corrected chi connectivity index (χ0v) is 8.69. The van der Waals surface area contributed by atoms with Crippen LogP contribution in [-0.4, -0.2) is 14.5 Å². The number of aromatic nitrogens is 3. The first-order valence-electron chi connectivity index (χ1n) is 3.88. The maximum atomic E-state index is 4.22. The van der Waals surface area contributed by atoms with E-state index in [-0.39, 0.29) is 0 Å². The van der Waals surface area contributed by atoms with Crippen molar-refractivity contribution in [3.63, 3.8) is 0 Å². The second kappa shape index (κ2) is 3.30. The van der Waals surface area contributed by atoms with Gasteiger partial charge in [-0.3, -0.25) is 4.57 Å². The second-order valence-electron chi connectivity index (χ2n) is 2.75. The first kappa shape index (κ1) is 8.44. The molecule has 2 aromatic heterocycles. The van der Waals surface area contributed by atoms with Gasteiger partial charge < -0.3 is 0 Å². The third kappa shape index (κ3) is 1.78. The van der Waals surface area contributed by atoms with Crippen LogP contribution >= 0.6 is 15.9 Å². The Balaban J connectivity index is 2.46. The SMILES string of the molecule is Cc1cn(-c2cc(Br)ccn2)cn1. The molecule has 4 heteroatoms. The predicted molar refractivity (Wildman–Crippen MR) is 53.8 cm³/mol. The van der Waals surface area contributed by atoms with Gasteiger partial charge in [-0.25, -0.2) is 9.97 Å². The predicted octanol–water partition coefficient (Wildman–Crippen LogP) is 2.34. The molecule has 3 nitrogen and oxygen atoms in total. The second-order valence-corrected chi connectivity index (χ2v) is 3.67. The topological polar surface area (TPSA) is 30.7 Å². The van der Waals surface area contributed by atoms with Crippen molar-refractivity contribution in [3.8, 4) is 5.82 Å². The van der Waals surface area contributed by atoms with Gasteiger partial charge in [-0.15, -0.1) is 0 Å². The molecule has 13 heavy (non-hydrogen) atoms. The van der Waals surface area contributed by atoms with E-state index in [0.717, 1.165) is 16.0 Å². The summed E-state index contributed by atoms with van der Waals surface area (Å²) in [7, 11) is 0. The van der Waals surface area contributed by atoms with Gasteiger partial charge in [0.05, 0.1) is 5.69 Å². The minimum absolute atomic E-state index is 0.870. The number of halogens is 1. The van der Waals surface area contributed by atoms with E-state index in [1.807, 2.05) is 29.8 Å². The van der Waals surface area contributed by atoms with Crippen LogP contribution in [0.4, 0.5) is 0 Å². The van der Waals surface area contributed by atoms with Gasteiger partial charge in [-0.05, 0) is 19.1 Å². The first-order chi connectivity index (χ1) is 6.25.